The Morgan fingerprint density at radius 1 is 1.23 bits per heavy atom. The number of rotatable bonds is 4. The van der Waals surface area contributed by atoms with Gasteiger partial charge in [0, 0.05) is 6.42 Å². The van der Waals surface area contributed by atoms with Gasteiger partial charge in [0.2, 0.25) is 11.8 Å². The van der Waals surface area contributed by atoms with Gasteiger partial charge >= 0.3 is 6.18 Å². The number of likely N-dealkylation sites (tertiary alicyclic amines) is 1. The van der Waals surface area contributed by atoms with Gasteiger partial charge < -0.3 is 5.11 Å². The van der Waals surface area contributed by atoms with Crippen molar-refractivity contribution in [3.05, 3.63) is 35.6 Å². The number of aliphatic hydroxyl groups is 1. The third kappa shape index (κ3) is 3.62. The number of hydrogen-bond donors (Lipinski definition) is 1. The summed E-state index contributed by atoms with van der Waals surface area (Å²) in [6.45, 7) is -1.10. The van der Waals surface area contributed by atoms with E-state index in [1.54, 1.807) is 0 Å². The maximum absolute atomic E-state index is 12.8. The summed E-state index contributed by atoms with van der Waals surface area (Å²) in [5.74, 6) is -2.75. The molecule has 1 aliphatic rings. The third-order valence-electron chi connectivity index (χ3n) is 3.47. The van der Waals surface area contributed by atoms with E-state index < -0.39 is 42.4 Å². The van der Waals surface area contributed by atoms with Crippen LogP contribution in [0.4, 0.5) is 17.6 Å². The lowest BCUT2D eigenvalue weighted by Crippen LogP contribution is -2.43. The number of hydrogen-bond acceptors (Lipinski definition) is 3. The van der Waals surface area contributed by atoms with Crippen LogP contribution in [-0.2, 0) is 16.0 Å². The molecule has 2 atom stereocenters. The smallest absolute Gasteiger partial charge is 0.382 e. The van der Waals surface area contributed by atoms with Crippen LogP contribution >= 0.6 is 0 Å². The van der Waals surface area contributed by atoms with E-state index in [9.17, 15) is 27.2 Å². The number of imide groups is 1. The van der Waals surface area contributed by atoms with Gasteiger partial charge in [-0.3, -0.25) is 14.5 Å². The molecule has 1 aromatic carbocycles. The molecule has 2 rings (SSSR count). The molecule has 2 amide bonds. The van der Waals surface area contributed by atoms with Gasteiger partial charge in [-0.15, -0.1) is 0 Å². The van der Waals surface area contributed by atoms with Crippen LogP contribution < -0.4 is 0 Å². The van der Waals surface area contributed by atoms with E-state index in [0.717, 1.165) is 0 Å². The molecule has 120 valence electrons. The van der Waals surface area contributed by atoms with E-state index in [4.69, 9.17) is 5.11 Å². The minimum absolute atomic E-state index is 0.128. The number of carbonyl (C=O) groups excluding carboxylic acids is 2. The average Bonchev–Trinajstić information content (AvgIpc) is 2.68. The Balaban J connectivity index is 2.04. The van der Waals surface area contributed by atoms with Crippen molar-refractivity contribution in [1.82, 2.24) is 4.90 Å². The molecule has 0 unspecified atom stereocenters. The minimum Gasteiger partial charge on any atom is -0.382 e. The highest BCUT2D eigenvalue weighted by molar-refractivity contribution is 6.03. The summed E-state index contributed by atoms with van der Waals surface area (Å²) in [5, 5.41) is 8.98. The van der Waals surface area contributed by atoms with E-state index in [1.807, 2.05) is 0 Å². The minimum atomic E-state index is -4.89. The molecule has 0 radical (unpaired) electrons. The molecule has 1 saturated heterocycles. The lowest BCUT2D eigenvalue weighted by atomic mass is 9.98. The Labute approximate surface area is 123 Å². The van der Waals surface area contributed by atoms with Crippen LogP contribution in [-0.4, -0.2) is 40.6 Å². The number of aliphatic hydroxyl groups excluding tert-OH is 1. The Bertz CT molecular complexity index is 570. The van der Waals surface area contributed by atoms with Crippen LogP contribution in [0.15, 0.2) is 24.3 Å². The summed E-state index contributed by atoms with van der Waals surface area (Å²) in [7, 11) is 0. The number of halogens is 4. The van der Waals surface area contributed by atoms with Crippen LogP contribution in [0.3, 0.4) is 0 Å². The number of alkyl halides is 3. The molecule has 0 saturated carbocycles. The van der Waals surface area contributed by atoms with E-state index in [0.29, 0.717) is 10.5 Å². The zero-order valence-corrected chi connectivity index (χ0v) is 11.3. The van der Waals surface area contributed by atoms with Gasteiger partial charge in [-0.1, -0.05) is 12.1 Å². The van der Waals surface area contributed by atoms with Crippen molar-refractivity contribution >= 4 is 11.8 Å². The maximum Gasteiger partial charge on any atom is 0.416 e. The molecule has 8 heteroatoms. The summed E-state index contributed by atoms with van der Waals surface area (Å²) >= 11 is 0. The Kier molecular flexibility index (Phi) is 4.50. The van der Waals surface area contributed by atoms with Gasteiger partial charge in [0.1, 0.15) is 5.82 Å². The van der Waals surface area contributed by atoms with E-state index in [-0.39, 0.29) is 12.8 Å². The van der Waals surface area contributed by atoms with Crippen molar-refractivity contribution in [2.75, 3.05) is 6.54 Å². The number of β-amino-alcohol motifs (C(OH)–C–C–N with tert-alkyl or cyclic N) is 1. The second-order valence-electron chi connectivity index (χ2n) is 5.13. The number of benzene rings is 1. The molecule has 0 spiro atoms. The molecule has 0 aromatic heterocycles. The lowest BCUT2D eigenvalue weighted by molar-refractivity contribution is -0.207. The van der Waals surface area contributed by atoms with E-state index in [1.165, 1.54) is 24.3 Å². The zero-order chi connectivity index (χ0) is 16.5. The average molecular weight is 319 g/mol. The van der Waals surface area contributed by atoms with Gasteiger partial charge in [-0.25, -0.2) is 4.39 Å². The van der Waals surface area contributed by atoms with E-state index >= 15 is 0 Å². The fourth-order valence-electron chi connectivity index (χ4n) is 2.28. The third-order valence-corrected chi connectivity index (χ3v) is 3.47. The van der Waals surface area contributed by atoms with Gasteiger partial charge in [-0.05, 0) is 24.1 Å². The molecule has 0 bridgehead atoms. The first kappa shape index (κ1) is 16.4. The highest BCUT2D eigenvalue weighted by Crippen LogP contribution is 2.27. The normalized spacial score (nSPS) is 20.6. The molecular formula is C14H13F4NO3. The topological polar surface area (TPSA) is 57.6 Å². The highest BCUT2D eigenvalue weighted by Gasteiger charge is 2.45. The van der Waals surface area contributed by atoms with Crippen LogP contribution in [0.25, 0.3) is 0 Å². The summed E-state index contributed by atoms with van der Waals surface area (Å²) in [5.41, 5.74) is 0.603. The number of amides is 2. The first-order chi connectivity index (χ1) is 10.2. The maximum atomic E-state index is 12.8. The van der Waals surface area contributed by atoms with Gasteiger partial charge in [0.25, 0.3) is 0 Å². The van der Waals surface area contributed by atoms with Crippen molar-refractivity contribution < 1.29 is 32.3 Å². The van der Waals surface area contributed by atoms with Gasteiger partial charge in [-0.2, -0.15) is 13.2 Å². The van der Waals surface area contributed by atoms with Crippen molar-refractivity contribution in [2.24, 2.45) is 5.92 Å². The predicted octanol–water partition coefficient (Wildman–Crippen LogP) is 1.67. The highest BCUT2D eigenvalue weighted by atomic mass is 19.4. The number of nitrogens with zero attached hydrogens (tertiary/aromatic N) is 1. The number of carbonyl (C=O) groups is 2. The summed E-state index contributed by atoms with van der Waals surface area (Å²) in [4.78, 5) is 24.1. The monoisotopic (exact) mass is 319 g/mol. The summed E-state index contributed by atoms with van der Waals surface area (Å²) in [6.07, 6.45) is -7.75. The molecule has 1 fully saturated rings. The molecule has 4 nitrogen and oxygen atoms in total. The second kappa shape index (κ2) is 6.04. The summed E-state index contributed by atoms with van der Waals surface area (Å²) in [6, 6.07) is 5.28. The fourth-order valence-corrected chi connectivity index (χ4v) is 2.28. The van der Waals surface area contributed by atoms with Crippen molar-refractivity contribution in [3.8, 4) is 0 Å². The first-order valence-corrected chi connectivity index (χ1v) is 6.52. The van der Waals surface area contributed by atoms with Crippen molar-refractivity contribution in [1.29, 1.82) is 0 Å². The summed E-state index contributed by atoms with van der Waals surface area (Å²) < 4.78 is 49.7. The largest absolute Gasteiger partial charge is 0.416 e. The van der Waals surface area contributed by atoms with Crippen molar-refractivity contribution in [3.63, 3.8) is 0 Å². The van der Waals surface area contributed by atoms with Gasteiger partial charge in [0.05, 0.1) is 12.5 Å². The quantitative estimate of drug-likeness (QED) is 0.678. The van der Waals surface area contributed by atoms with E-state index in [2.05, 4.69) is 0 Å². The van der Waals surface area contributed by atoms with Crippen LogP contribution in [0.1, 0.15) is 12.0 Å². The molecule has 22 heavy (non-hydrogen) atoms. The molecule has 0 aliphatic carbocycles. The fraction of sp³-hybridized carbons (Fsp3) is 0.429. The molecule has 1 heterocycles. The zero-order valence-electron chi connectivity index (χ0n) is 11.3. The SMILES string of the molecule is O=C1C[C@@H](Cc2ccc(F)cc2)C(=O)N1C[C@@H](O)C(F)(F)F. The molecular weight excluding hydrogens is 306 g/mol. The second-order valence-corrected chi connectivity index (χ2v) is 5.13. The molecule has 1 N–H and O–H groups in total. The van der Waals surface area contributed by atoms with Gasteiger partial charge in [0.15, 0.2) is 6.10 Å². The van der Waals surface area contributed by atoms with Crippen LogP contribution in [0.5, 0.6) is 0 Å². The Morgan fingerprint density at radius 2 is 1.82 bits per heavy atom. The molecule has 1 aromatic rings. The van der Waals surface area contributed by atoms with Crippen LogP contribution in [0.2, 0.25) is 0 Å². The Morgan fingerprint density at radius 3 is 2.36 bits per heavy atom. The predicted molar refractivity (Wildman–Crippen MR) is 67.0 cm³/mol. The lowest BCUT2D eigenvalue weighted by Gasteiger charge is -2.20. The van der Waals surface area contributed by atoms with Crippen LogP contribution in [0, 0.1) is 11.7 Å². The Hall–Kier alpha value is -1.96. The molecule has 1 aliphatic heterocycles. The van der Waals surface area contributed by atoms with Crippen molar-refractivity contribution in [2.45, 2.75) is 25.1 Å². The first-order valence-electron chi connectivity index (χ1n) is 6.52. The standard InChI is InChI=1S/C14H13F4NO3/c15-10-3-1-8(2-4-10)5-9-6-12(21)19(13(9)22)7-11(20)14(16,17)18/h1-4,9,11,20H,5-7H2/t9-,11-/m1/s1.